The van der Waals surface area contributed by atoms with Crippen molar-refractivity contribution in [3.63, 3.8) is 0 Å². The molecule has 0 spiro atoms. The summed E-state index contributed by atoms with van der Waals surface area (Å²) >= 11 is 3.31. The number of nitrogens with one attached hydrogen (secondary N) is 1. The van der Waals surface area contributed by atoms with Gasteiger partial charge in [0.05, 0.1) is 23.8 Å². The molecule has 2 aromatic carbocycles. The topological polar surface area (TPSA) is 138 Å². The average Bonchev–Trinajstić information content (AvgIpc) is 3.23. The van der Waals surface area contributed by atoms with Crippen molar-refractivity contribution >= 4 is 39.7 Å². The molecule has 0 bridgehead atoms. The summed E-state index contributed by atoms with van der Waals surface area (Å²) in [4.78, 5) is 34.3. The van der Waals surface area contributed by atoms with Gasteiger partial charge in [-0.05, 0) is 51.8 Å². The van der Waals surface area contributed by atoms with Gasteiger partial charge in [0.25, 0.3) is 5.91 Å². The van der Waals surface area contributed by atoms with E-state index in [1.165, 1.54) is 13.3 Å². The van der Waals surface area contributed by atoms with Gasteiger partial charge in [-0.25, -0.2) is 10.2 Å². The largest absolute Gasteiger partial charge is 0.493 e. The normalized spacial score (nSPS) is 10.7. The monoisotopic (exact) mass is 501 g/mol. The van der Waals surface area contributed by atoms with E-state index >= 15 is 0 Å². The number of carbonyl (C=O) groups is 2. The molecule has 0 atom stereocenters. The van der Waals surface area contributed by atoms with E-state index in [1.807, 2.05) is 0 Å². The van der Waals surface area contributed by atoms with Crippen LogP contribution in [0.4, 0.5) is 5.69 Å². The van der Waals surface area contributed by atoms with Gasteiger partial charge in [-0.15, -0.1) is 0 Å². The van der Waals surface area contributed by atoms with Crippen molar-refractivity contribution in [2.24, 2.45) is 5.10 Å². The van der Waals surface area contributed by atoms with E-state index in [9.17, 15) is 19.7 Å². The van der Waals surface area contributed by atoms with Crippen LogP contribution >= 0.6 is 15.9 Å². The van der Waals surface area contributed by atoms with E-state index < -0.39 is 16.8 Å². The molecule has 164 valence electrons. The number of hydrogen-bond acceptors (Lipinski definition) is 8. The Balaban J connectivity index is 1.61. The van der Waals surface area contributed by atoms with E-state index in [-0.39, 0.29) is 18.0 Å². The summed E-state index contributed by atoms with van der Waals surface area (Å²) in [6.07, 6.45) is 3.56. The zero-order valence-electron chi connectivity index (χ0n) is 16.6. The maximum absolute atomic E-state index is 12.4. The Bertz CT molecular complexity index is 1190. The number of rotatable bonds is 8. The van der Waals surface area contributed by atoms with Crippen molar-refractivity contribution in [3.8, 4) is 11.5 Å². The fraction of sp³-hybridized carbons (Fsp3) is 0.100. The third-order valence-electron chi connectivity index (χ3n) is 4.02. The molecule has 0 aliphatic carbocycles. The molecule has 1 amide bonds. The number of hydrazone groups is 1. The lowest BCUT2D eigenvalue weighted by atomic mass is 10.2. The molecule has 11 nitrogen and oxygen atoms in total. The molecule has 0 saturated heterocycles. The molecule has 0 aliphatic heterocycles. The van der Waals surface area contributed by atoms with Gasteiger partial charge in [-0.1, -0.05) is 12.1 Å². The number of halogens is 1. The number of nitrogens with zero attached hydrogens (tertiary/aromatic N) is 4. The molecule has 0 fully saturated rings. The standard InChI is InChI=1S/C20H16BrN5O6/c1-31-18-8-13(6-7-17(18)32-20(28)15-4-2-3-5-16(15)21)9-22-24-19(27)12-25-11-14(10-23-25)26(29)30/h2-11H,12H2,1H3,(H,24,27). The number of esters is 1. The molecule has 1 aromatic heterocycles. The summed E-state index contributed by atoms with van der Waals surface area (Å²) in [7, 11) is 1.43. The first-order valence-corrected chi connectivity index (χ1v) is 9.80. The first-order chi connectivity index (χ1) is 15.4. The van der Waals surface area contributed by atoms with Gasteiger partial charge < -0.3 is 9.47 Å². The van der Waals surface area contributed by atoms with Gasteiger partial charge in [-0.3, -0.25) is 19.6 Å². The number of methoxy groups -OCH3 is 1. The fourth-order valence-electron chi connectivity index (χ4n) is 2.53. The lowest BCUT2D eigenvalue weighted by Crippen LogP contribution is -2.23. The Kier molecular flexibility index (Phi) is 7.29. The maximum atomic E-state index is 12.4. The highest BCUT2D eigenvalue weighted by molar-refractivity contribution is 9.10. The van der Waals surface area contributed by atoms with Crippen LogP contribution in [0, 0.1) is 10.1 Å². The third kappa shape index (κ3) is 5.76. The minimum absolute atomic E-state index is 0.214. The molecule has 3 rings (SSSR count). The van der Waals surface area contributed by atoms with Crippen molar-refractivity contribution < 1.29 is 24.0 Å². The predicted octanol–water partition coefficient (Wildman–Crippen LogP) is 2.93. The lowest BCUT2D eigenvalue weighted by molar-refractivity contribution is -0.385. The van der Waals surface area contributed by atoms with Gasteiger partial charge in [0.2, 0.25) is 0 Å². The van der Waals surface area contributed by atoms with Crippen LogP contribution in [0.5, 0.6) is 11.5 Å². The predicted molar refractivity (Wildman–Crippen MR) is 117 cm³/mol. The van der Waals surface area contributed by atoms with Gasteiger partial charge in [0.1, 0.15) is 18.9 Å². The van der Waals surface area contributed by atoms with E-state index in [0.717, 1.165) is 17.1 Å². The second kappa shape index (κ2) is 10.3. The van der Waals surface area contributed by atoms with Crippen molar-refractivity contribution in [3.05, 3.63) is 80.6 Å². The van der Waals surface area contributed by atoms with Crippen molar-refractivity contribution in [1.29, 1.82) is 0 Å². The number of nitro groups is 1. The quantitative estimate of drug-likeness (QED) is 0.164. The number of hydrogen-bond donors (Lipinski definition) is 1. The minimum Gasteiger partial charge on any atom is -0.493 e. The Labute approximate surface area is 189 Å². The van der Waals surface area contributed by atoms with Crippen LogP contribution in [0.15, 0.2) is 64.4 Å². The smallest absolute Gasteiger partial charge is 0.344 e. The van der Waals surface area contributed by atoms with Crippen LogP contribution in [0.1, 0.15) is 15.9 Å². The van der Waals surface area contributed by atoms with E-state index in [4.69, 9.17) is 9.47 Å². The van der Waals surface area contributed by atoms with Gasteiger partial charge >= 0.3 is 11.7 Å². The molecule has 12 heteroatoms. The number of aromatic nitrogens is 2. The number of benzene rings is 2. The van der Waals surface area contributed by atoms with E-state index in [2.05, 4.69) is 31.6 Å². The van der Waals surface area contributed by atoms with Crippen molar-refractivity contribution in [1.82, 2.24) is 15.2 Å². The summed E-state index contributed by atoms with van der Waals surface area (Å²) in [6, 6.07) is 11.6. The number of carbonyl (C=O) groups excluding carboxylic acids is 2. The Morgan fingerprint density at radius 2 is 2.06 bits per heavy atom. The highest BCUT2D eigenvalue weighted by Crippen LogP contribution is 2.29. The van der Waals surface area contributed by atoms with Crippen LogP contribution in [0.2, 0.25) is 0 Å². The molecule has 0 unspecified atom stereocenters. The zero-order chi connectivity index (χ0) is 23.1. The zero-order valence-corrected chi connectivity index (χ0v) is 18.2. The first kappa shape index (κ1) is 22.6. The second-order valence-corrected chi connectivity index (χ2v) is 7.08. The summed E-state index contributed by atoms with van der Waals surface area (Å²) in [5.41, 5.74) is 3.02. The highest BCUT2D eigenvalue weighted by atomic mass is 79.9. The molecule has 1 heterocycles. The summed E-state index contributed by atoms with van der Waals surface area (Å²) < 4.78 is 12.4. The second-order valence-electron chi connectivity index (χ2n) is 6.23. The molecular weight excluding hydrogens is 486 g/mol. The Morgan fingerprint density at radius 1 is 1.28 bits per heavy atom. The highest BCUT2D eigenvalue weighted by Gasteiger charge is 2.15. The van der Waals surface area contributed by atoms with Crippen LogP contribution in [-0.2, 0) is 11.3 Å². The van der Waals surface area contributed by atoms with Gasteiger partial charge in [-0.2, -0.15) is 10.2 Å². The van der Waals surface area contributed by atoms with Gasteiger partial charge in [0.15, 0.2) is 11.5 Å². The third-order valence-corrected chi connectivity index (χ3v) is 4.71. The number of ether oxygens (including phenoxy) is 2. The van der Waals surface area contributed by atoms with Crippen LogP contribution in [0.3, 0.4) is 0 Å². The molecule has 3 aromatic rings. The van der Waals surface area contributed by atoms with Crippen LogP contribution < -0.4 is 14.9 Å². The van der Waals surface area contributed by atoms with Crippen LogP contribution in [0.25, 0.3) is 0 Å². The SMILES string of the molecule is COc1cc(C=NNC(=O)Cn2cc([N+](=O)[O-])cn2)ccc1OC(=O)c1ccccc1Br. The maximum Gasteiger partial charge on any atom is 0.344 e. The molecule has 0 aliphatic rings. The fourth-order valence-corrected chi connectivity index (χ4v) is 2.97. The van der Waals surface area contributed by atoms with E-state index in [1.54, 1.807) is 42.5 Å². The van der Waals surface area contributed by atoms with Crippen molar-refractivity contribution in [2.45, 2.75) is 6.54 Å². The lowest BCUT2D eigenvalue weighted by Gasteiger charge is -2.10. The molecule has 0 saturated carbocycles. The van der Waals surface area contributed by atoms with Crippen LogP contribution in [-0.4, -0.2) is 39.9 Å². The minimum atomic E-state index is -0.605. The molecule has 1 N–H and O–H groups in total. The Morgan fingerprint density at radius 3 is 2.75 bits per heavy atom. The average molecular weight is 502 g/mol. The summed E-state index contributed by atoms with van der Waals surface area (Å²) in [5, 5.41) is 18.2. The van der Waals surface area contributed by atoms with Crippen molar-refractivity contribution in [2.75, 3.05) is 7.11 Å². The Hall–Kier alpha value is -4.06. The summed E-state index contributed by atoms with van der Waals surface area (Å²) in [6.45, 7) is -0.238. The molecular formula is C20H16BrN5O6. The first-order valence-electron chi connectivity index (χ1n) is 9.01. The molecule has 32 heavy (non-hydrogen) atoms. The van der Waals surface area contributed by atoms with E-state index in [0.29, 0.717) is 21.3 Å². The molecule has 0 radical (unpaired) electrons. The van der Waals surface area contributed by atoms with Gasteiger partial charge in [0, 0.05) is 4.47 Å². The number of amides is 1. The summed E-state index contributed by atoms with van der Waals surface area (Å²) in [5.74, 6) is -0.562.